The predicted molar refractivity (Wildman–Crippen MR) is 248 cm³/mol. The van der Waals surface area contributed by atoms with E-state index in [0.29, 0.717) is 43.6 Å². The molecule has 2 bridgehead atoms. The highest BCUT2D eigenvalue weighted by Gasteiger charge is 2.60. The SMILES string of the molecule is CCC[C@H](CCC(=O)O[C@@H]1[C@@H](O)[C@H]2O[C@](O)(C=C[C@@H]2NC[C@H](C)O)[C@@H]1OC(=O)/C(=C/c1ccc(O)c(OC)c1)C[C@@H]1c2cc(CCO)ccc2CC[C@@H]1CO)[C@@H]1C=C[C@@H](CC(C)C)[C@H](O)C1. The van der Waals surface area contributed by atoms with Crippen LogP contribution in [0.5, 0.6) is 11.5 Å². The van der Waals surface area contributed by atoms with Crippen molar-refractivity contribution in [2.24, 2.45) is 29.6 Å². The maximum absolute atomic E-state index is 14.9. The average Bonchev–Trinajstić information content (AvgIpc) is 3.28. The number of allylic oxidation sites excluding steroid dienone is 1. The van der Waals surface area contributed by atoms with Crippen molar-refractivity contribution in [2.75, 3.05) is 26.9 Å². The Morgan fingerprint density at radius 2 is 1.82 bits per heavy atom. The highest BCUT2D eigenvalue weighted by molar-refractivity contribution is 5.94. The van der Waals surface area contributed by atoms with E-state index in [0.717, 1.165) is 36.0 Å². The van der Waals surface area contributed by atoms with Gasteiger partial charge >= 0.3 is 11.9 Å². The minimum absolute atomic E-state index is 0.0380. The Morgan fingerprint density at radius 1 is 1.03 bits per heavy atom. The highest BCUT2D eigenvalue weighted by atomic mass is 16.7. The predicted octanol–water partition coefficient (Wildman–Crippen LogP) is 5.02. The number of carbonyl (C=O) groups excluding carboxylic acids is 2. The molecule has 2 aliphatic carbocycles. The first-order valence-electron chi connectivity index (χ1n) is 23.9. The van der Waals surface area contributed by atoms with E-state index in [1.165, 1.54) is 19.3 Å². The summed E-state index contributed by atoms with van der Waals surface area (Å²) in [5.41, 5.74) is 3.49. The van der Waals surface area contributed by atoms with Gasteiger partial charge in [-0.3, -0.25) is 4.79 Å². The van der Waals surface area contributed by atoms with Gasteiger partial charge in [-0.15, -0.1) is 0 Å². The minimum Gasteiger partial charge on any atom is -0.504 e. The van der Waals surface area contributed by atoms with E-state index in [1.54, 1.807) is 31.2 Å². The van der Waals surface area contributed by atoms with E-state index >= 15 is 0 Å². The third-order valence-corrected chi connectivity index (χ3v) is 13.9. The zero-order chi connectivity index (χ0) is 47.7. The molecule has 364 valence electrons. The van der Waals surface area contributed by atoms with Crippen LogP contribution in [0.1, 0.15) is 107 Å². The number of carbonyl (C=O) groups is 2. The van der Waals surface area contributed by atoms with Gasteiger partial charge in [0.05, 0.1) is 25.4 Å². The molecule has 2 aromatic rings. The molecule has 1 saturated heterocycles. The Balaban J connectivity index is 1.32. The van der Waals surface area contributed by atoms with Gasteiger partial charge in [-0.05, 0) is 128 Å². The third-order valence-electron chi connectivity index (χ3n) is 13.9. The fourth-order valence-corrected chi connectivity index (χ4v) is 10.4. The van der Waals surface area contributed by atoms with Crippen molar-refractivity contribution in [1.29, 1.82) is 0 Å². The number of methoxy groups -OCH3 is 1. The molecule has 8 N–H and O–H groups in total. The van der Waals surface area contributed by atoms with Gasteiger partial charge in [0, 0.05) is 37.7 Å². The summed E-state index contributed by atoms with van der Waals surface area (Å²) in [5, 5.41) is 79.3. The smallest absolute Gasteiger partial charge is 0.334 e. The number of aliphatic hydroxyl groups excluding tert-OH is 5. The Kier molecular flexibility index (Phi) is 18.1. The Hall–Kier alpha value is -4.12. The number of benzene rings is 2. The largest absolute Gasteiger partial charge is 0.504 e. The number of ether oxygens (including phenoxy) is 4. The van der Waals surface area contributed by atoms with Crippen LogP contribution in [0.4, 0.5) is 0 Å². The minimum atomic E-state index is -2.36. The molecule has 4 aliphatic rings. The second-order valence-corrected chi connectivity index (χ2v) is 19.4. The lowest BCUT2D eigenvalue weighted by molar-refractivity contribution is -0.333. The van der Waals surface area contributed by atoms with Crippen LogP contribution < -0.4 is 10.1 Å². The van der Waals surface area contributed by atoms with Gasteiger partial charge in [0.2, 0.25) is 5.79 Å². The highest BCUT2D eigenvalue weighted by Crippen LogP contribution is 2.44. The normalized spacial score (nSPS) is 30.4. The van der Waals surface area contributed by atoms with E-state index in [4.69, 9.17) is 18.9 Å². The van der Waals surface area contributed by atoms with Crippen LogP contribution in [0.2, 0.25) is 0 Å². The molecule has 0 unspecified atom stereocenters. The molecule has 2 aromatic carbocycles. The number of hydrogen-bond acceptors (Lipinski definition) is 14. The maximum atomic E-state index is 14.9. The number of hydrogen-bond donors (Lipinski definition) is 8. The van der Waals surface area contributed by atoms with E-state index < -0.39 is 60.4 Å². The molecular weight excluding hydrogens is 847 g/mol. The van der Waals surface area contributed by atoms with Gasteiger partial charge in [-0.2, -0.15) is 0 Å². The molecule has 13 atom stereocenters. The molecule has 0 saturated carbocycles. The number of nitrogens with one attached hydrogen (secondary N) is 1. The fourth-order valence-electron chi connectivity index (χ4n) is 10.4. The van der Waals surface area contributed by atoms with Crippen molar-refractivity contribution in [3.63, 3.8) is 0 Å². The average molecular weight is 920 g/mol. The zero-order valence-corrected chi connectivity index (χ0v) is 39.1. The molecule has 14 heteroatoms. The second-order valence-electron chi connectivity index (χ2n) is 19.4. The van der Waals surface area contributed by atoms with Crippen LogP contribution >= 0.6 is 0 Å². The van der Waals surface area contributed by atoms with Gasteiger partial charge in [-0.25, -0.2) is 4.79 Å². The number of phenolic OH excluding ortho intramolecular Hbond substituents is 1. The molecule has 0 aromatic heterocycles. The molecular formula is C52H73NO13. The molecule has 2 heterocycles. The van der Waals surface area contributed by atoms with Crippen molar-refractivity contribution in [3.05, 3.63) is 88.5 Å². The molecule has 0 radical (unpaired) electrons. The monoisotopic (exact) mass is 920 g/mol. The lowest BCUT2D eigenvalue weighted by atomic mass is 9.72. The van der Waals surface area contributed by atoms with Crippen molar-refractivity contribution < 1.29 is 64.3 Å². The molecule has 0 spiro atoms. The number of aryl methyl sites for hydroxylation is 1. The number of aliphatic hydroxyl groups is 6. The summed E-state index contributed by atoms with van der Waals surface area (Å²) in [4.78, 5) is 28.9. The Morgan fingerprint density at radius 3 is 2.50 bits per heavy atom. The fraction of sp³-hybridized carbons (Fsp3) is 0.615. The lowest BCUT2D eigenvalue weighted by Crippen LogP contribution is -2.71. The van der Waals surface area contributed by atoms with E-state index in [-0.39, 0.29) is 79.3 Å². The summed E-state index contributed by atoms with van der Waals surface area (Å²) in [6, 6.07) is 9.86. The van der Waals surface area contributed by atoms with Gasteiger partial charge in [0.1, 0.15) is 12.2 Å². The zero-order valence-electron chi connectivity index (χ0n) is 39.1. The van der Waals surface area contributed by atoms with Crippen molar-refractivity contribution in [3.8, 4) is 11.5 Å². The molecule has 6 rings (SSSR count). The summed E-state index contributed by atoms with van der Waals surface area (Å²) < 4.78 is 23.8. The van der Waals surface area contributed by atoms with Gasteiger partial charge in [0.15, 0.2) is 23.7 Å². The summed E-state index contributed by atoms with van der Waals surface area (Å²) in [6.07, 6.45) is 6.80. The Bertz CT molecular complexity index is 2030. The summed E-state index contributed by atoms with van der Waals surface area (Å²) >= 11 is 0. The lowest BCUT2D eigenvalue weighted by Gasteiger charge is -2.51. The van der Waals surface area contributed by atoms with Crippen LogP contribution in [-0.2, 0) is 36.6 Å². The number of fused-ring (bicyclic) bond motifs is 3. The molecule has 1 fully saturated rings. The maximum Gasteiger partial charge on any atom is 0.334 e. The van der Waals surface area contributed by atoms with E-state index in [2.05, 4.69) is 38.2 Å². The van der Waals surface area contributed by atoms with Gasteiger partial charge < -0.3 is 60.0 Å². The van der Waals surface area contributed by atoms with E-state index in [9.17, 15) is 45.3 Å². The first-order chi connectivity index (χ1) is 31.6. The molecule has 0 amide bonds. The number of rotatable bonds is 21. The summed E-state index contributed by atoms with van der Waals surface area (Å²) in [5.74, 6) is -3.85. The van der Waals surface area contributed by atoms with Gasteiger partial charge in [0.25, 0.3) is 0 Å². The van der Waals surface area contributed by atoms with Gasteiger partial charge in [-0.1, -0.05) is 76.1 Å². The summed E-state index contributed by atoms with van der Waals surface area (Å²) in [7, 11) is 1.41. The number of aromatic hydroxyl groups is 1. The number of phenols is 1. The Labute approximate surface area is 389 Å². The van der Waals surface area contributed by atoms with Crippen molar-refractivity contribution >= 4 is 18.0 Å². The van der Waals surface area contributed by atoms with Crippen molar-refractivity contribution in [2.45, 2.75) is 146 Å². The van der Waals surface area contributed by atoms with Crippen LogP contribution in [0.25, 0.3) is 6.08 Å². The number of esters is 2. The third kappa shape index (κ3) is 12.5. The second kappa shape index (κ2) is 23.3. The van der Waals surface area contributed by atoms with Crippen molar-refractivity contribution in [1.82, 2.24) is 5.32 Å². The van der Waals surface area contributed by atoms with E-state index in [1.807, 2.05) is 18.2 Å². The first kappa shape index (κ1) is 51.3. The molecule has 2 aliphatic heterocycles. The quantitative estimate of drug-likeness (QED) is 0.0468. The van der Waals surface area contributed by atoms with Crippen LogP contribution in [0.15, 0.2) is 66.3 Å². The van der Waals surface area contributed by atoms with Crippen LogP contribution in [0.3, 0.4) is 0 Å². The first-order valence-corrected chi connectivity index (χ1v) is 23.9. The van der Waals surface area contributed by atoms with Crippen LogP contribution in [0, 0.1) is 29.6 Å². The molecule has 14 nitrogen and oxygen atoms in total. The standard InChI is InChI=1S/C52H73NO13/c1-6-7-34(36-12-13-37(22-30(2)3)44(58)27-36)15-17-46(59)64-49-47(60)48-42(53-28-31(4)56)18-20-52(62,66-48)50(49)65-51(61)39(23-33-9-16-43(57)45(25-33)63-5)26-41-38(29-55)14-11-35-10-8-32(19-21-54)24-40(35)41/h8-10,12-13,16,18,20,23-25,30-31,34,36-38,41-42,44,47-50,53-58,60,62H,6-7,11,14-15,17,19,21-22,26-29H2,1-5H3/b39-23+/t31-,34+,36+,37-,38+,41-,42-,44+,47-,48-,49+,50+,52+/m0/s1. The topological polar surface area (TPSA) is 225 Å². The summed E-state index contributed by atoms with van der Waals surface area (Å²) in [6.45, 7) is 7.86. The molecule has 66 heavy (non-hydrogen) atoms. The van der Waals surface area contributed by atoms with Crippen LogP contribution in [-0.4, -0.2) is 123 Å².